The topological polar surface area (TPSA) is 77.1 Å². The summed E-state index contributed by atoms with van der Waals surface area (Å²) in [6.45, 7) is 2.68. The van der Waals surface area contributed by atoms with Gasteiger partial charge in [-0.3, -0.25) is 4.99 Å². The first-order valence-corrected chi connectivity index (χ1v) is 8.81. The number of nitrogens with two attached hydrogens (primary N) is 1. The van der Waals surface area contributed by atoms with Crippen LogP contribution in [0.15, 0.2) is 4.99 Å². The third-order valence-corrected chi connectivity index (χ3v) is 6.03. The summed E-state index contributed by atoms with van der Waals surface area (Å²) >= 11 is 0. The average Bonchev–Trinajstić information content (AvgIpc) is 2.80. The van der Waals surface area contributed by atoms with Gasteiger partial charge in [0.1, 0.15) is 11.4 Å². The van der Waals surface area contributed by atoms with Gasteiger partial charge >= 0.3 is 0 Å². The van der Waals surface area contributed by atoms with Gasteiger partial charge in [-0.15, -0.1) is 0 Å². The van der Waals surface area contributed by atoms with Crippen LogP contribution in [-0.2, 0) is 9.47 Å². The summed E-state index contributed by atoms with van der Waals surface area (Å²) in [6.07, 6.45) is 7.35. The summed E-state index contributed by atoms with van der Waals surface area (Å²) < 4.78 is 11.5. The van der Waals surface area contributed by atoms with Gasteiger partial charge in [-0.25, -0.2) is 0 Å². The van der Waals surface area contributed by atoms with E-state index in [1.807, 2.05) is 6.92 Å². The van der Waals surface area contributed by atoms with E-state index in [4.69, 9.17) is 15.2 Å². The molecule has 2 saturated carbocycles. The van der Waals surface area contributed by atoms with Gasteiger partial charge < -0.3 is 20.3 Å². The van der Waals surface area contributed by atoms with Crippen LogP contribution in [0.2, 0.25) is 0 Å². The minimum Gasteiger partial charge on any atom is -0.385 e. The molecule has 2 aliphatic carbocycles. The number of fused-ring (bicyclic) bond motifs is 1. The molecule has 1 aliphatic heterocycles. The molecule has 2 fully saturated rings. The number of aliphatic hydroxyl groups is 1. The molecule has 0 aromatic heterocycles. The molecule has 3 N–H and O–H groups in total. The summed E-state index contributed by atoms with van der Waals surface area (Å²) in [7, 11) is 1.75. The Morgan fingerprint density at radius 2 is 2.00 bits per heavy atom. The Hall–Kier alpha value is -0.650. The van der Waals surface area contributed by atoms with E-state index in [2.05, 4.69) is 4.99 Å². The van der Waals surface area contributed by atoms with E-state index < -0.39 is 5.60 Å². The molecule has 5 nitrogen and oxygen atoms in total. The molecule has 1 heterocycles. The van der Waals surface area contributed by atoms with Gasteiger partial charge in [0.25, 0.3) is 0 Å². The molecule has 0 aromatic carbocycles. The summed E-state index contributed by atoms with van der Waals surface area (Å²) in [5.41, 5.74) is 5.24. The number of methoxy groups -OCH3 is 1. The third kappa shape index (κ3) is 2.57. The lowest BCUT2D eigenvalue weighted by Crippen LogP contribution is -2.59. The van der Waals surface area contributed by atoms with Gasteiger partial charge in [0.2, 0.25) is 0 Å². The summed E-state index contributed by atoms with van der Waals surface area (Å²) in [5.74, 6) is 0.587. The largest absolute Gasteiger partial charge is 0.385 e. The highest BCUT2D eigenvalue weighted by atomic mass is 16.5. The average molecular weight is 310 g/mol. The minimum atomic E-state index is -1.01. The Balaban J connectivity index is 1.88. The van der Waals surface area contributed by atoms with Crippen molar-refractivity contribution in [1.82, 2.24) is 0 Å². The number of hydrogen-bond donors (Lipinski definition) is 2. The zero-order chi connectivity index (χ0) is 15.7. The molecule has 6 atom stereocenters. The lowest BCUT2D eigenvalue weighted by Gasteiger charge is -2.47. The monoisotopic (exact) mass is 310 g/mol. The molecular formula is C17H30N2O3. The molecular weight excluding hydrogens is 280 g/mol. The molecule has 0 spiro atoms. The second-order valence-electron chi connectivity index (χ2n) is 7.07. The van der Waals surface area contributed by atoms with Crippen LogP contribution in [0.25, 0.3) is 0 Å². The molecule has 0 bridgehead atoms. The highest BCUT2D eigenvalue weighted by molar-refractivity contribution is 5.91. The molecule has 0 saturated heterocycles. The van der Waals surface area contributed by atoms with Crippen molar-refractivity contribution < 1.29 is 14.6 Å². The Bertz CT molecular complexity index is 428. The summed E-state index contributed by atoms with van der Waals surface area (Å²) in [6, 6.07) is 0.198. The standard InChI is InChI=1S/C17H30N2O3/c1-3-22-15-9-8-11(21-2)10-13(15)17(20)12-6-4-5-7-14(12)19-16(17)18/h11-15,20H,3-10H2,1-2H3,(H2,18,19). The fourth-order valence-corrected chi connectivity index (χ4v) is 4.91. The number of rotatable bonds is 4. The second kappa shape index (κ2) is 6.46. The first-order chi connectivity index (χ1) is 10.6. The van der Waals surface area contributed by atoms with Crippen LogP contribution >= 0.6 is 0 Å². The minimum absolute atomic E-state index is 0.0111. The van der Waals surface area contributed by atoms with Crippen LogP contribution in [0.4, 0.5) is 0 Å². The van der Waals surface area contributed by atoms with Crippen molar-refractivity contribution in [3.8, 4) is 0 Å². The number of hydrogen-bond acceptors (Lipinski definition) is 5. The van der Waals surface area contributed by atoms with Crippen molar-refractivity contribution in [1.29, 1.82) is 0 Å². The van der Waals surface area contributed by atoms with Crippen LogP contribution < -0.4 is 5.73 Å². The molecule has 5 heteroatoms. The molecule has 0 amide bonds. The zero-order valence-electron chi connectivity index (χ0n) is 13.8. The summed E-state index contributed by atoms with van der Waals surface area (Å²) in [4.78, 5) is 4.63. The molecule has 22 heavy (non-hydrogen) atoms. The number of amidine groups is 1. The van der Waals surface area contributed by atoms with Gasteiger partial charge in [-0.05, 0) is 39.0 Å². The predicted octanol–water partition coefficient (Wildman–Crippen LogP) is 1.87. The first-order valence-electron chi connectivity index (χ1n) is 8.81. The molecule has 0 aromatic rings. The quantitative estimate of drug-likeness (QED) is 0.831. The van der Waals surface area contributed by atoms with E-state index in [0.717, 1.165) is 38.5 Å². The van der Waals surface area contributed by atoms with Crippen molar-refractivity contribution >= 4 is 5.84 Å². The van der Waals surface area contributed by atoms with Crippen molar-refractivity contribution in [2.45, 2.75) is 75.7 Å². The van der Waals surface area contributed by atoms with Crippen molar-refractivity contribution in [3.05, 3.63) is 0 Å². The molecule has 6 unspecified atom stereocenters. The van der Waals surface area contributed by atoms with Crippen LogP contribution in [0.3, 0.4) is 0 Å². The highest BCUT2D eigenvalue weighted by Crippen LogP contribution is 2.48. The Morgan fingerprint density at radius 3 is 2.73 bits per heavy atom. The maximum absolute atomic E-state index is 11.6. The fraction of sp³-hybridized carbons (Fsp3) is 0.941. The van der Waals surface area contributed by atoms with Crippen molar-refractivity contribution in [2.75, 3.05) is 13.7 Å². The van der Waals surface area contributed by atoms with Gasteiger partial charge in [0, 0.05) is 25.6 Å². The molecule has 126 valence electrons. The van der Waals surface area contributed by atoms with Gasteiger partial charge in [-0.2, -0.15) is 0 Å². The van der Waals surface area contributed by atoms with E-state index in [0.29, 0.717) is 12.4 Å². The van der Waals surface area contributed by atoms with Gasteiger partial charge in [0.15, 0.2) is 0 Å². The van der Waals surface area contributed by atoms with Crippen molar-refractivity contribution in [2.24, 2.45) is 22.6 Å². The zero-order valence-corrected chi connectivity index (χ0v) is 13.8. The maximum Gasteiger partial charge on any atom is 0.131 e. The van der Waals surface area contributed by atoms with E-state index in [-0.39, 0.29) is 30.1 Å². The Morgan fingerprint density at radius 1 is 1.23 bits per heavy atom. The van der Waals surface area contributed by atoms with E-state index in [1.54, 1.807) is 7.11 Å². The lowest BCUT2D eigenvalue weighted by molar-refractivity contribution is -0.126. The number of nitrogens with zero attached hydrogens (tertiary/aromatic N) is 1. The third-order valence-electron chi connectivity index (χ3n) is 6.03. The highest BCUT2D eigenvalue weighted by Gasteiger charge is 2.57. The summed E-state index contributed by atoms with van der Waals surface area (Å²) in [5, 5.41) is 11.6. The molecule has 3 rings (SSSR count). The van der Waals surface area contributed by atoms with E-state index in [1.165, 1.54) is 6.42 Å². The first kappa shape index (κ1) is 16.2. The Kier molecular flexibility index (Phi) is 4.76. The number of aliphatic imine (C=N–C) groups is 1. The van der Waals surface area contributed by atoms with E-state index >= 15 is 0 Å². The number of ether oxygens (including phenoxy) is 2. The van der Waals surface area contributed by atoms with Crippen molar-refractivity contribution in [3.63, 3.8) is 0 Å². The molecule has 0 radical (unpaired) electrons. The van der Waals surface area contributed by atoms with Crippen LogP contribution in [-0.4, -0.2) is 48.5 Å². The lowest BCUT2D eigenvalue weighted by atomic mass is 9.64. The Labute approximate surface area is 133 Å². The fourth-order valence-electron chi connectivity index (χ4n) is 4.91. The normalized spacial score (nSPS) is 45.4. The van der Waals surface area contributed by atoms with Gasteiger partial charge in [0.05, 0.1) is 18.2 Å². The van der Waals surface area contributed by atoms with E-state index in [9.17, 15) is 5.11 Å². The maximum atomic E-state index is 11.6. The molecule has 3 aliphatic rings. The van der Waals surface area contributed by atoms with Crippen LogP contribution in [0.1, 0.15) is 51.9 Å². The van der Waals surface area contributed by atoms with Crippen LogP contribution in [0, 0.1) is 11.8 Å². The van der Waals surface area contributed by atoms with Crippen LogP contribution in [0.5, 0.6) is 0 Å². The second-order valence-corrected chi connectivity index (χ2v) is 7.07. The van der Waals surface area contributed by atoms with Gasteiger partial charge in [-0.1, -0.05) is 12.8 Å². The smallest absolute Gasteiger partial charge is 0.131 e. The predicted molar refractivity (Wildman–Crippen MR) is 85.9 cm³/mol. The SMILES string of the molecule is CCOC1CCC(OC)CC1C1(O)C(N)=NC2CCCCC21.